The molecular formula is C16H13FN2OS. The summed E-state index contributed by atoms with van der Waals surface area (Å²) in [6.45, 7) is 0.352. The normalized spacial score (nSPS) is 10.5. The van der Waals surface area contributed by atoms with Gasteiger partial charge in [-0.05, 0) is 30.3 Å². The summed E-state index contributed by atoms with van der Waals surface area (Å²) >= 11 is 1.58. The third-order valence-electron chi connectivity index (χ3n) is 3.07. The number of phenols is 1. The van der Waals surface area contributed by atoms with Gasteiger partial charge in [0, 0.05) is 34.9 Å². The number of phenolic OH excluding ortho intramolecular Hbond substituents is 1. The fourth-order valence-electron chi connectivity index (χ4n) is 2.02. The van der Waals surface area contributed by atoms with Gasteiger partial charge in [-0.15, -0.1) is 11.3 Å². The smallest absolute Gasteiger partial charge is 0.123 e. The molecule has 0 aliphatic rings. The van der Waals surface area contributed by atoms with Gasteiger partial charge in [0.2, 0.25) is 0 Å². The molecule has 1 heterocycles. The highest BCUT2D eigenvalue weighted by atomic mass is 32.1. The Bertz CT molecular complexity index is 744. The van der Waals surface area contributed by atoms with Gasteiger partial charge in [-0.3, -0.25) is 0 Å². The fourth-order valence-corrected chi connectivity index (χ4v) is 2.66. The fraction of sp³-hybridized carbons (Fsp3) is 0.0625. The maximum absolute atomic E-state index is 13.2. The van der Waals surface area contributed by atoms with E-state index in [9.17, 15) is 9.50 Å². The van der Waals surface area contributed by atoms with Crippen molar-refractivity contribution in [1.82, 2.24) is 4.98 Å². The summed E-state index contributed by atoms with van der Waals surface area (Å²) in [4.78, 5) is 4.27. The number of nitrogens with one attached hydrogen (secondary N) is 1. The molecule has 5 heteroatoms. The van der Waals surface area contributed by atoms with Crippen molar-refractivity contribution in [3.63, 3.8) is 0 Å². The topological polar surface area (TPSA) is 45.1 Å². The SMILES string of the molecule is Oc1ccc(F)cc1CNc1cccc(-c2nccs2)c1. The number of anilines is 1. The molecule has 0 radical (unpaired) electrons. The largest absolute Gasteiger partial charge is 0.508 e. The van der Waals surface area contributed by atoms with Crippen LogP contribution in [0.4, 0.5) is 10.1 Å². The van der Waals surface area contributed by atoms with Crippen LogP contribution >= 0.6 is 11.3 Å². The lowest BCUT2D eigenvalue weighted by Crippen LogP contribution is -2.00. The summed E-state index contributed by atoms with van der Waals surface area (Å²) in [6.07, 6.45) is 1.77. The lowest BCUT2D eigenvalue weighted by atomic mass is 10.1. The Morgan fingerprint density at radius 1 is 1.19 bits per heavy atom. The van der Waals surface area contributed by atoms with E-state index in [2.05, 4.69) is 10.3 Å². The van der Waals surface area contributed by atoms with Gasteiger partial charge >= 0.3 is 0 Å². The minimum atomic E-state index is -0.360. The van der Waals surface area contributed by atoms with Gasteiger partial charge in [0.15, 0.2) is 0 Å². The molecule has 0 saturated heterocycles. The van der Waals surface area contributed by atoms with Crippen LogP contribution in [0.1, 0.15) is 5.56 Å². The first-order valence-electron chi connectivity index (χ1n) is 6.43. The van der Waals surface area contributed by atoms with Crippen LogP contribution in [-0.2, 0) is 6.54 Å². The number of aromatic hydroxyl groups is 1. The first-order valence-corrected chi connectivity index (χ1v) is 7.31. The Balaban J connectivity index is 1.76. The number of hydrogen-bond donors (Lipinski definition) is 2. The zero-order chi connectivity index (χ0) is 14.7. The number of benzene rings is 2. The first kappa shape index (κ1) is 13.6. The van der Waals surface area contributed by atoms with Crippen LogP contribution in [0.2, 0.25) is 0 Å². The lowest BCUT2D eigenvalue weighted by molar-refractivity contribution is 0.466. The number of hydrogen-bond acceptors (Lipinski definition) is 4. The Morgan fingerprint density at radius 3 is 2.90 bits per heavy atom. The molecule has 3 nitrogen and oxygen atoms in total. The molecule has 1 aromatic heterocycles. The molecular weight excluding hydrogens is 287 g/mol. The first-order chi connectivity index (χ1) is 10.2. The predicted molar refractivity (Wildman–Crippen MR) is 82.9 cm³/mol. The minimum Gasteiger partial charge on any atom is -0.508 e. The molecule has 0 fully saturated rings. The Hall–Kier alpha value is -2.40. The summed E-state index contributed by atoms with van der Waals surface area (Å²) in [7, 11) is 0. The van der Waals surface area contributed by atoms with Crippen LogP contribution in [0.15, 0.2) is 54.0 Å². The van der Waals surface area contributed by atoms with E-state index in [1.165, 1.54) is 18.2 Å². The molecule has 3 aromatic rings. The molecule has 0 spiro atoms. The van der Waals surface area contributed by atoms with Gasteiger partial charge in [0.1, 0.15) is 16.6 Å². The van der Waals surface area contributed by atoms with Crippen molar-refractivity contribution in [2.24, 2.45) is 0 Å². The van der Waals surface area contributed by atoms with E-state index < -0.39 is 0 Å². The van der Waals surface area contributed by atoms with Crippen LogP contribution in [0.25, 0.3) is 10.6 Å². The molecule has 0 amide bonds. The second kappa shape index (κ2) is 5.93. The minimum absolute atomic E-state index is 0.0833. The van der Waals surface area contributed by atoms with Gasteiger partial charge in [0.25, 0.3) is 0 Å². The van der Waals surface area contributed by atoms with E-state index in [1.54, 1.807) is 17.5 Å². The summed E-state index contributed by atoms with van der Waals surface area (Å²) < 4.78 is 13.2. The van der Waals surface area contributed by atoms with Gasteiger partial charge in [-0.25, -0.2) is 9.37 Å². The van der Waals surface area contributed by atoms with Crippen molar-refractivity contribution >= 4 is 17.0 Å². The maximum Gasteiger partial charge on any atom is 0.123 e. The van der Waals surface area contributed by atoms with Gasteiger partial charge < -0.3 is 10.4 Å². The highest BCUT2D eigenvalue weighted by Crippen LogP contribution is 2.25. The van der Waals surface area contributed by atoms with Crippen LogP contribution in [0.3, 0.4) is 0 Å². The van der Waals surface area contributed by atoms with E-state index in [0.717, 1.165) is 16.3 Å². The zero-order valence-corrected chi connectivity index (χ0v) is 11.9. The Kier molecular flexibility index (Phi) is 3.83. The molecule has 0 unspecified atom stereocenters. The molecule has 2 aromatic carbocycles. The highest BCUT2D eigenvalue weighted by molar-refractivity contribution is 7.13. The van der Waals surface area contributed by atoms with Crippen molar-refractivity contribution in [2.45, 2.75) is 6.54 Å². The van der Waals surface area contributed by atoms with Crippen molar-refractivity contribution in [1.29, 1.82) is 0 Å². The quantitative estimate of drug-likeness (QED) is 0.756. The third kappa shape index (κ3) is 3.20. The van der Waals surface area contributed by atoms with Gasteiger partial charge in [-0.2, -0.15) is 0 Å². The molecule has 0 atom stereocenters. The number of nitrogens with zero attached hydrogens (tertiary/aromatic N) is 1. The Morgan fingerprint density at radius 2 is 2.10 bits per heavy atom. The van der Waals surface area contributed by atoms with E-state index in [0.29, 0.717) is 12.1 Å². The molecule has 0 bridgehead atoms. The average Bonchev–Trinajstić information content (AvgIpc) is 3.03. The molecule has 3 rings (SSSR count). The highest BCUT2D eigenvalue weighted by Gasteiger charge is 2.04. The number of aromatic nitrogens is 1. The lowest BCUT2D eigenvalue weighted by Gasteiger charge is -2.09. The number of thiazole rings is 1. The molecule has 21 heavy (non-hydrogen) atoms. The third-order valence-corrected chi connectivity index (χ3v) is 3.89. The van der Waals surface area contributed by atoms with Crippen LogP contribution in [-0.4, -0.2) is 10.1 Å². The van der Waals surface area contributed by atoms with E-state index in [4.69, 9.17) is 0 Å². The second-order valence-corrected chi connectivity index (χ2v) is 5.44. The Labute approximate surface area is 125 Å². The van der Waals surface area contributed by atoms with E-state index in [1.807, 2.05) is 29.6 Å². The number of rotatable bonds is 4. The van der Waals surface area contributed by atoms with Crippen molar-refractivity contribution in [3.05, 3.63) is 65.4 Å². The standard InChI is InChI=1S/C16H13FN2OS/c17-13-4-5-15(20)12(8-13)10-19-14-3-1-2-11(9-14)16-18-6-7-21-16/h1-9,19-20H,10H2. The van der Waals surface area contributed by atoms with Crippen molar-refractivity contribution in [2.75, 3.05) is 5.32 Å². The number of halogens is 1. The van der Waals surface area contributed by atoms with E-state index >= 15 is 0 Å². The van der Waals surface area contributed by atoms with Crippen LogP contribution in [0, 0.1) is 5.82 Å². The van der Waals surface area contributed by atoms with Crippen molar-refractivity contribution in [3.8, 4) is 16.3 Å². The molecule has 106 valence electrons. The van der Waals surface area contributed by atoms with E-state index in [-0.39, 0.29) is 11.6 Å². The second-order valence-electron chi connectivity index (χ2n) is 4.54. The monoisotopic (exact) mass is 300 g/mol. The van der Waals surface area contributed by atoms with Crippen LogP contribution in [0.5, 0.6) is 5.75 Å². The summed E-state index contributed by atoms with van der Waals surface area (Å²) in [5.74, 6) is -0.277. The summed E-state index contributed by atoms with van der Waals surface area (Å²) in [5, 5.41) is 15.8. The zero-order valence-electron chi connectivity index (χ0n) is 11.1. The summed E-state index contributed by atoms with van der Waals surface area (Å²) in [5.41, 5.74) is 2.44. The molecule has 0 aliphatic heterocycles. The van der Waals surface area contributed by atoms with Gasteiger partial charge in [-0.1, -0.05) is 12.1 Å². The summed E-state index contributed by atoms with van der Waals surface area (Å²) in [6, 6.07) is 11.8. The predicted octanol–water partition coefficient (Wildman–Crippen LogP) is 4.27. The molecule has 2 N–H and O–H groups in total. The molecule has 0 saturated carbocycles. The molecule has 0 aliphatic carbocycles. The van der Waals surface area contributed by atoms with Crippen LogP contribution < -0.4 is 5.32 Å². The average molecular weight is 300 g/mol. The van der Waals surface area contributed by atoms with Crippen molar-refractivity contribution < 1.29 is 9.50 Å². The maximum atomic E-state index is 13.2. The van der Waals surface area contributed by atoms with Gasteiger partial charge in [0.05, 0.1) is 0 Å².